The molecule has 31 heavy (non-hydrogen) atoms. The van der Waals surface area contributed by atoms with Crippen molar-refractivity contribution in [1.82, 2.24) is 4.90 Å². The first-order valence-corrected chi connectivity index (χ1v) is 11.1. The van der Waals surface area contributed by atoms with Crippen LogP contribution in [0.5, 0.6) is 0 Å². The molecule has 2 amide bonds. The van der Waals surface area contributed by atoms with Gasteiger partial charge in [0.15, 0.2) is 5.78 Å². The number of fused-ring (bicyclic) bond motifs is 5. The molecule has 6 heteroatoms. The minimum Gasteiger partial charge on any atom is -0.358 e. The Labute approximate surface area is 183 Å². The summed E-state index contributed by atoms with van der Waals surface area (Å²) in [6, 6.07) is 19.5. The van der Waals surface area contributed by atoms with Gasteiger partial charge in [-0.1, -0.05) is 48.5 Å². The standard InChI is InChI=1S/C25H18N2O3S/c28-23(18-11-6-14-31-18)22-20-19(21-17-10-5-4-7-15(17)12-13-26(21)22)24(29)27(25(20)30)16-8-2-1-3-9-16/h1-14,19-22H/t19-,20+,21+,22-/m0/s1. The number of carbonyl (C=O) groups is 3. The molecule has 6 rings (SSSR count). The van der Waals surface area contributed by atoms with E-state index in [1.807, 2.05) is 71.1 Å². The monoisotopic (exact) mass is 426 g/mol. The molecule has 2 aromatic carbocycles. The lowest BCUT2D eigenvalue weighted by Crippen LogP contribution is -2.44. The topological polar surface area (TPSA) is 57.7 Å². The van der Waals surface area contributed by atoms with Gasteiger partial charge in [0.2, 0.25) is 11.8 Å². The first kappa shape index (κ1) is 18.3. The van der Waals surface area contributed by atoms with Crippen molar-refractivity contribution in [1.29, 1.82) is 0 Å². The summed E-state index contributed by atoms with van der Waals surface area (Å²) >= 11 is 1.37. The minimum absolute atomic E-state index is 0.104. The van der Waals surface area contributed by atoms with E-state index in [1.54, 1.807) is 18.2 Å². The Kier molecular flexibility index (Phi) is 3.98. The van der Waals surface area contributed by atoms with E-state index in [-0.39, 0.29) is 23.6 Å². The van der Waals surface area contributed by atoms with Crippen LogP contribution < -0.4 is 4.90 Å². The smallest absolute Gasteiger partial charge is 0.240 e. The second kappa shape index (κ2) is 6.75. The molecule has 0 saturated carbocycles. The summed E-state index contributed by atoms with van der Waals surface area (Å²) in [7, 11) is 0. The van der Waals surface area contributed by atoms with Crippen molar-refractivity contribution < 1.29 is 14.4 Å². The molecule has 0 unspecified atom stereocenters. The summed E-state index contributed by atoms with van der Waals surface area (Å²) < 4.78 is 0. The summed E-state index contributed by atoms with van der Waals surface area (Å²) in [5.41, 5.74) is 2.56. The zero-order chi connectivity index (χ0) is 21.1. The van der Waals surface area contributed by atoms with E-state index in [9.17, 15) is 14.4 Å². The minimum atomic E-state index is -0.719. The molecular weight excluding hydrogens is 408 g/mol. The van der Waals surface area contributed by atoms with E-state index >= 15 is 0 Å². The second-order valence-corrected chi connectivity index (χ2v) is 8.97. The number of hydrogen-bond donors (Lipinski definition) is 0. The highest BCUT2D eigenvalue weighted by atomic mass is 32.1. The van der Waals surface area contributed by atoms with Gasteiger partial charge in [-0.3, -0.25) is 14.4 Å². The summed E-state index contributed by atoms with van der Waals surface area (Å²) in [5.74, 6) is -1.96. The van der Waals surface area contributed by atoms with E-state index < -0.39 is 17.9 Å². The van der Waals surface area contributed by atoms with Crippen LogP contribution in [0, 0.1) is 11.8 Å². The van der Waals surface area contributed by atoms with Gasteiger partial charge in [-0.2, -0.15) is 0 Å². The van der Waals surface area contributed by atoms with Gasteiger partial charge in [-0.25, -0.2) is 4.90 Å². The lowest BCUT2D eigenvalue weighted by molar-refractivity contribution is -0.123. The average molecular weight is 426 g/mol. The Bertz CT molecular complexity index is 1230. The number of amides is 2. The number of imide groups is 1. The van der Waals surface area contributed by atoms with Gasteiger partial charge in [-0.05, 0) is 40.8 Å². The summed E-state index contributed by atoms with van der Waals surface area (Å²) in [6.45, 7) is 0. The van der Waals surface area contributed by atoms with Gasteiger partial charge in [0, 0.05) is 6.20 Å². The molecule has 3 aliphatic rings. The number of ketones is 1. The number of Topliss-reactive ketones (excluding diaryl/α,β-unsaturated/α-hetero) is 1. The van der Waals surface area contributed by atoms with E-state index in [0.29, 0.717) is 10.6 Å². The molecular formula is C25H18N2O3S. The molecule has 2 saturated heterocycles. The van der Waals surface area contributed by atoms with Crippen LogP contribution in [0.4, 0.5) is 5.69 Å². The molecule has 4 heterocycles. The summed E-state index contributed by atoms with van der Waals surface area (Å²) in [5, 5.41) is 1.86. The Morgan fingerprint density at radius 2 is 1.58 bits per heavy atom. The Morgan fingerprint density at radius 1 is 0.839 bits per heavy atom. The zero-order valence-corrected chi connectivity index (χ0v) is 17.2. The number of anilines is 1. The van der Waals surface area contributed by atoms with Crippen molar-refractivity contribution in [2.75, 3.05) is 4.90 Å². The van der Waals surface area contributed by atoms with Crippen LogP contribution in [-0.2, 0) is 9.59 Å². The number of hydrogen-bond acceptors (Lipinski definition) is 5. The predicted octanol–water partition coefficient (Wildman–Crippen LogP) is 4.15. The predicted molar refractivity (Wildman–Crippen MR) is 118 cm³/mol. The largest absolute Gasteiger partial charge is 0.358 e. The van der Waals surface area contributed by atoms with Gasteiger partial charge < -0.3 is 4.90 Å². The van der Waals surface area contributed by atoms with Crippen molar-refractivity contribution >= 4 is 40.7 Å². The Hall–Kier alpha value is -3.51. The number of carbonyl (C=O) groups excluding carboxylic acids is 3. The van der Waals surface area contributed by atoms with Gasteiger partial charge in [0.05, 0.1) is 28.4 Å². The molecule has 3 aliphatic heterocycles. The maximum absolute atomic E-state index is 13.7. The first-order valence-electron chi connectivity index (χ1n) is 10.2. The molecule has 152 valence electrons. The van der Waals surface area contributed by atoms with Crippen molar-refractivity contribution in [3.63, 3.8) is 0 Å². The summed E-state index contributed by atoms with van der Waals surface area (Å²) in [6.07, 6.45) is 3.85. The van der Waals surface area contributed by atoms with Crippen molar-refractivity contribution in [2.24, 2.45) is 11.8 Å². The van der Waals surface area contributed by atoms with Gasteiger partial charge in [0.1, 0.15) is 6.04 Å². The molecule has 5 nitrogen and oxygen atoms in total. The molecule has 0 bridgehead atoms. The number of rotatable bonds is 3. The van der Waals surface area contributed by atoms with Crippen LogP contribution in [0.25, 0.3) is 6.08 Å². The van der Waals surface area contributed by atoms with Crippen LogP contribution in [-0.4, -0.2) is 28.5 Å². The van der Waals surface area contributed by atoms with E-state index in [2.05, 4.69) is 0 Å². The molecule has 0 aliphatic carbocycles. The molecule has 3 aromatic rings. The maximum atomic E-state index is 13.7. The molecule has 0 radical (unpaired) electrons. The zero-order valence-electron chi connectivity index (χ0n) is 16.4. The van der Waals surface area contributed by atoms with Crippen molar-refractivity contribution in [3.05, 3.63) is 94.3 Å². The number of nitrogens with zero attached hydrogens (tertiary/aromatic N) is 2. The van der Waals surface area contributed by atoms with Gasteiger partial charge in [-0.15, -0.1) is 11.3 Å². The van der Waals surface area contributed by atoms with Gasteiger partial charge in [0.25, 0.3) is 0 Å². The van der Waals surface area contributed by atoms with Crippen LogP contribution in [0.15, 0.2) is 78.3 Å². The highest BCUT2D eigenvalue weighted by Crippen LogP contribution is 2.53. The molecule has 0 N–H and O–H groups in total. The highest BCUT2D eigenvalue weighted by Gasteiger charge is 2.64. The van der Waals surface area contributed by atoms with E-state index in [4.69, 9.17) is 0 Å². The lowest BCUT2D eigenvalue weighted by Gasteiger charge is -2.35. The Morgan fingerprint density at radius 3 is 2.35 bits per heavy atom. The number of benzene rings is 2. The third kappa shape index (κ3) is 2.51. The molecule has 0 spiro atoms. The van der Waals surface area contributed by atoms with Crippen LogP contribution in [0.2, 0.25) is 0 Å². The second-order valence-electron chi connectivity index (χ2n) is 8.02. The fraction of sp³-hybridized carbons (Fsp3) is 0.160. The third-order valence-electron chi connectivity index (χ3n) is 6.51. The van der Waals surface area contributed by atoms with Crippen molar-refractivity contribution in [3.8, 4) is 0 Å². The Balaban J connectivity index is 1.52. The van der Waals surface area contributed by atoms with Crippen molar-refractivity contribution in [2.45, 2.75) is 12.1 Å². The first-order chi connectivity index (χ1) is 15.2. The average Bonchev–Trinajstić information content (AvgIpc) is 3.50. The maximum Gasteiger partial charge on any atom is 0.240 e. The third-order valence-corrected chi connectivity index (χ3v) is 7.39. The van der Waals surface area contributed by atoms with Crippen LogP contribution >= 0.6 is 11.3 Å². The highest BCUT2D eigenvalue weighted by molar-refractivity contribution is 7.12. The molecule has 4 atom stereocenters. The molecule has 1 aromatic heterocycles. The van der Waals surface area contributed by atoms with Crippen LogP contribution in [0.1, 0.15) is 26.8 Å². The van der Waals surface area contributed by atoms with Crippen LogP contribution in [0.3, 0.4) is 0 Å². The van der Waals surface area contributed by atoms with Gasteiger partial charge >= 0.3 is 0 Å². The molecule has 2 fully saturated rings. The number of para-hydroxylation sites is 1. The van der Waals surface area contributed by atoms with E-state index in [1.165, 1.54) is 16.2 Å². The number of thiophene rings is 1. The normalized spacial score (nSPS) is 26.1. The SMILES string of the molecule is O=C(c1cccs1)[C@@H]1[C@@H]2C(=O)N(c3ccccc3)C(=O)[C@@H]2[C@H]2c3ccccc3C=CN12. The lowest BCUT2D eigenvalue weighted by atomic mass is 9.84. The fourth-order valence-electron chi connectivity index (χ4n) is 5.25. The van der Waals surface area contributed by atoms with E-state index in [0.717, 1.165) is 11.1 Å². The fourth-order valence-corrected chi connectivity index (χ4v) is 5.95. The summed E-state index contributed by atoms with van der Waals surface area (Å²) in [4.78, 5) is 44.7. The quantitative estimate of drug-likeness (QED) is 0.466.